The summed E-state index contributed by atoms with van der Waals surface area (Å²) in [5, 5.41) is 1.45. The Labute approximate surface area is 161 Å². The van der Waals surface area contributed by atoms with Crippen molar-refractivity contribution in [2.24, 2.45) is 0 Å². The van der Waals surface area contributed by atoms with E-state index in [1.165, 1.54) is 50.2 Å². The summed E-state index contributed by atoms with van der Waals surface area (Å²) in [6.07, 6.45) is 0. The molecule has 1 aromatic rings. The third-order valence-corrected chi connectivity index (χ3v) is 5.77. The van der Waals surface area contributed by atoms with Gasteiger partial charge in [-0.1, -0.05) is 35.8 Å². The van der Waals surface area contributed by atoms with Crippen LogP contribution in [-0.4, -0.2) is 0 Å². The van der Waals surface area contributed by atoms with Crippen molar-refractivity contribution in [1.29, 1.82) is 0 Å². The van der Waals surface area contributed by atoms with Gasteiger partial charge in [-0.3, -0.25) is 0 Å². The van der Waals surface area contributed by atoms with Crippen LogP contribution in [0.2, 0.25) is 0 Å². The molecule has 23 heavy (non-hydrogen) atoms. The number of halogens is 2. The zero-order valence-corrected chi connectivity index (χ0v) is 20.0. The molecule has 132 valence electrons. The van der Waals surface area contributed by atoms with Crippen molar-refractivity contribution in [3.8, 4) is 0 Å². The summed E-state index contributed by atoms with van der Waals surface area (Å²) in [5.74, 6) is 1.47. The normalized spacial score (nSPS) is 14.7. The second kappa shape index (κ2) is 11.0. The molecule has 0 heterocycles. The molecule has 4 heteroatoms. The van der Waals surface area contributed by atoms with Crippen molar-refractivity contribution in [2.75, 3.05) is 0 Å². The first-order valence-electron chi connectivity index (χ1n) is 7.51. The average Bonchev–Trinajstić information content (AvgIpc) is 2.64. The van der Waals surface area contributed by atoms with Crippen LogP contribution >= 0.6 is 28.6 Å². The van der Waals surface area contributed by atoms with Crippen LogP contribution in [0.5, 0.6) is 0 Å². The second-order valence-electron chi connectivity index (χ2n) is 6.05. The molecule has 1 aromatic carbocycles. The summed E-state index contributed by atoms with van der Waals surface area (Å²) < 4.78 is 0. The molecule has 0 saturated heterocycles. The fourth-order valence-electron chi connectivity index (χ4n) is 2.62. The van der Waals surface area contributed by atoms with Crippen LogP contribution in [-0.2, 0) is 15.1 Å². The molecule has 1 atom stereocenters. The molecule has 0 nitrogen and oxygen atoms in total. The van der Waals surface area contributed by atoms with Gasteiger partial charge in [0, 0.05) is 15.2 Å². The number of aryl methyl sites for hydroxylation is 3. The topological polar surface area (TPSA) is 0 Å². The van der Waals surface area contributed by atoms with Crippen molar-refractivity contribution < 1.29 is 15.1 Å². The minimum atomic E-state index is -0.226. The van der Waals surface area contributed by atoms with Gasteiger partial charge in [0.05, 0.1) is 5.30 Å². The van der Waals surface area contributed by atoms with Crippen LogP contribution in [0.25, 0.3) is 0 Å². The Morgan fingerprint density at radius 1 is 0.696 bits per heavy atom. The van der Waals surface area contributed by atoms with E-state index >= 15 is 0 Å². The number of allylic oxidation sites excluding steroid dienone is 4. The van der Waals surface area contributed by atoms with Crippen LogP contribution in [0.3, 0.4) is 0 Å². The molecule has 1 unspecified atom stereocenters. The summed E-state index contributed by atoms with van der Waals surface area (Å²) in [6, 6.07) is 4.46. The first-order valence-corrected chi connectivity index (χ1v) is 12.4. The first-order chi connectivity index (χ1) is 10.6. The van der Waals surface area contributed by atoms with E-state index in [1.807, 2.05) is 9.24 Å². The van der Waals surface area contributed by atoms with Gasteiger partial charge >= 0.3 is 34.5 Å². The van der Waals surface area contributed by atoms with Crippen LogP contribution in [0.1, 0.15) is 51.3 Å². The Kier molecular flexibility index (Phi) is 11.2. The maximum absolute atomic E-state index is 4.83. The van der Waals surface area contributed by atoms with Crippen LogP contribution < -0.4 is 5.30 Å². The van der Waals surface area contributed by atoms with E-state index in [2.05, 4.69) is 67.5 Å². The number of hydrogen-bond acceptors (Lipinski definition) is 0. The number of hydrogen-bond donors (Lipinski definition) is 0. The van der Waals surface area contributed by atoms with Crippen molar-refractivity contribution in [3.05, 3.63) is 57.0 Å². The Morgan fingerprint density at radius 3 is 1.22 bits per heavy atom. The van der Waals surface area contributed by atoms with Gasteiger partial charge in [0.1, 0.15) is 0 Å². The van der Waals surface area contributed by atoms with Crippen LogP contribution in [0.15, 0.2) is 34.4 Å². The van der Waals surface area contributed by atoms with Gasteiger partial charge in [0.15, 0.2) is 0 Å². The van der Waals surface area contributed by atoms with Crippen molar-refractivity contribution in [1.82, 2.24) is 0 Å². The van der Waals surface area contributed by atoms with E-state index in [-0.39, 0.29) is 15.1 Å². The molecule has 0 amide bonds. The van der Waals surface area contributed by atoms with E-state index in [1.54, 1.807) is 0 Å². The van der Waals surface area contributed by atoms with Crippen molar-refractivity contribution >= 4 is 33.9 Å². The zero-order chi connectivity index (χ0) is 18.3. The van der Waals surface area contributed by atoms with Gasteiger partial charge in [-0.2, -0.15) is 0 Å². The Bertz CT molecular complexity index is 556. The summed E-state index contributed by atoms with van der Waals surface area (Å²) in [6.45, 7) is 17.5. The Balaban J connectivity index is 0.000000360. The van der Waals surface area contributed by atoms with Gasteiger partial charge in [-0.15, -0.1) is 0 Å². The fraction of sp³-hybridized carbons (Fsp3) is 0.421. The summed E-state index contributed by atoms with van der Waals surface area (Å²) in [5.41, 5.74) is 10.1. The molecule has 0 spiro atoms. The second-order valence-corrected chi connectivity index (χ2v) is 9.24. The Morgan fingerprint density at radius 2 is 1.00 bits per heavy atom. The fourth-order valence-corrected chi connectivity index (χ4v) is 2.82. The van der Waals surface area contributed by atoms with E-state index in [4.69, 9.17) is 19.4 Å². The maximum atomic E-state index is 4.83. The average molecular weight is 462 g/mol. The van der Waals surface area contributed by atoms with Gasteiger partial charge in [-0.25, -0.2) is 0 Å². The quantitative estimate of drug-likeness (QED) is 0.306. The predicted molar refractivity (Wildman–Crippen MR) is 109 cm³/mol. The van der Waals surface area contributed by atoms with Gasteiger partial charge in [-0.05, 0) is 70.7 Å². The third kappa shape index (κ3) is 6.99. The van der Waals surface area contributed by atoms with Crippen molar-refractivity contribution in [2.45, 2.75) is 55.4 Å². The molecule has 2 rings (SSSR count). The summed E-state index contributed by atoms with van der Waals surface area (Å²) in [4.78, 5) is 0. The Hall–Kier alpha value is 0.333. The predicted octanol–water partition coefficient (Wildman–Crippen LogP) is 6.49. The summed E-state index contributed by atoms with van der Waals surface area (Å²) >= 11 is -0.226. The molecule has 1 aliphatic rings. The number of rotatable bonds is 0. The molecule has 1 aliphatic carbocycles. The van der Waals surface area contributed by atoms with E-state index in [0.717, 1.165) is 0 Å². The monoisotopic (exact) mass is 461 g/mol. The standard InChI is InChI=1S/C10H15.C9H13P.2ClH.Rh/c1-6-7(2)9(4)10(5)8(6)3;1-6-4-7(2)9(10)8(3)5-6;;;/h1-5H3;4-5H,10H2,1-3H3;2*1H;/q;;;;+2/p-1. The van der Waals surface area contributed by atoms with Crippen LogP contribution in [0, 0.1) is 26.7 Å². The van der Waals surface area contributed by atoms with Crippen molar-refractivity contribution in [3.63, 3.8) is 0 Å². The van der Waals surface area contributed by atoms with Gasteiger partial charge < -0.3 is 0 Å². The molecular weight excluding hydrogens is 433 g/mol. The molecule has 0 aromatic heterocycles. The van der Waals surface area contributed by atoms with E-state index in [0.29, 0.717) is 0 Å². The van der Waals surface area contributed by atoms with E-state index in [9.17, 15) is 0 Å². The van der Waals surface area contributed by atoms with Gasteiger partial charge in [0.2, 0.25) is 0 Å². The molecule has 1 radical (unpaired) electrons. The number of benzene rings is 1. The minimum absolute atomic E-state index is 0.226. The molecule has 0 aliphatic heterocycles. The van der Waals surface area contributed by atoms with E-state index < -0.39 is 0 Å². The SMILES string of the molecule is C[C]1C(C)=C(C)C(C)=C1C.Cc1cc(C)c([PH3+])c(C)c1.[Cl][Rh][Cl]. The van der Waals surface area contributed by atoms with Crippen LogP contribution in [0.4, 0.5) is 0 Å². The zero-order valence-electron chi connectivity index (χ0n) is 15.5. The third-order valence-electron chi connectivity index (χ3n) is 4.65. The van der Waals surface area contributed by atoms with Gasteiger partial charge in [0.25, 0.3) is 0 Å². The molecule has 0 fully saturated rings. The molecule has 0 saturated carbocycles. The summed E-state index contributed by atoms with van der Waals surface area (Å²) in [7, 11) is 11.6. The molecular formula is C19H29Cl2PRh+. The first kappa shape index (κ1) is 23.3. The molecule has 0 bridgehead atoms. The molecule has 0 N–H and O–H groups in total.